The molecule has 0 fully saturated rings. The van der Waals surface area contributed by atoms with Gasteiger partial charge in [-0.15, -0.1) is 10.2 Å². The van der Waals surface area contributed by atoms with Gasteiger partial charge in [-0.2, -0.15) is 0 Å². The molecule has 6 heteroatoms. The molecule has 6 nitrogen and oxygen atoms in total. The zero-order chi connectivity index (χ0) is 13.1. The highest BCUT2D eigenvalue weighted by Gasteiger charge is 2.08. The van der Waals surface area contributed by atoms with Crippen LogP contribution >= 0.6 is 0 Å². The SMILES string of the molecule is Cc1nnc(COc2ccc(C(=O)O)c(C)c2)o1. The molecular weight excluding hydrogens is 236 g/mol. The molecular formula is C12H12N2O4. The van der Waals surface area contributed by atoms with Crippen molar-refractivity contribution in [2.45, 2.75) is 20.5 Å². The number of aromatic carboxylic acids is 1. The van der Waals surface area contributed by atoms with Crippen molar-refractivity contribution in [2.24, 2.45) is 0 Å². The Morgan fingerprint density at radius 3 is 2.72 bits per heavy atom. The van der Waals surface area contributed by atoms with Gasteiger partial charge < -0.3 is 14.3 Å². The summed E-state index contributed by atoms with van der Waals surface area (Å²) in [6.45, 7) is 3.57. The molecule has 0 spiro atoms. The highest BCUT2D eigenvalue weighted by Crippen LogP contribution is 2.18. The highest BCUT2D eigenvalue weighted by molar-refractivity contribution is 5.89. The molecule has 2 rings (SSSR count). The number of carboxylic acids is 1. The first-order valence-electron chi connectivity index (χ1n) is 5.32. The van der Waals surface area contributed by atoms with E-state index in [0.29, 0.717) is 23.1 Å². The highest BCUT2D eigenvalue weighted by atomic mass is 16.5. The van der Waals surface area contributed by atoms with Gasteiger partial charge in [-0.1, -0.05) is 0 Å². The quantitative estimate of drug-likeness (QED) is 0.890. The maximum absolute atomic E-state index is 10.8. The molecule has 0 unspecified atom stereocenters. The molecule has 0 amide bonds. The van der Waals surface area contributed by atoms with E-state index in [0.717, 1.165) is 0 Å². The minimum Gasteiger partial charge on any atom is -0.484 e. The molecule has 0 aliphatic carbocycles. The number of benzene rings is 1. The number of hydrogen-bond acceptors (Lipinski definition) is 5. The molecule has 0 saturated heterocycles. The van der Waals surface area contributed by atoms with E-state index >= 15 is 0 Å². The van der Waals surface area contributed by atoms with Crippen molar-refractivity contribution in [3.63, 3.8) is 0 Å². The maximum atomic E-state index is 10.8. The van der Waals surface area contributed by atoms with Crippen molar-refractivity contribution in [1.29, 1.82) is 0 Å². The molecule has 0 radical (unpaired) electrons. The topological polar surface area (TPSA) is 85.5 Å². The number of aromatic nitrogens is 2. The maximum Gasteiger partial charge on any atom is 0.335 e. The minimum absolute atomic E-state index is 0.159. The lowest BCUT2D eigenvalue weighted by molar-refractivity contribution is 0.0696. The summed E-state index contributed by atoms with van der Waals surface area (Å²) in [5.74, 6) is 0.471. The van der Waals surface area contributed by atoms with Gasteiger partial charge in [-0.05, 0) is 30.7 Å². The smallest absolute Gasteiger partial charge is 0.335 e. The third kappa shape index (κ3) is 2.65. The van der Waals surface area contributed by atoms with E-state index in [-0.39, 0.29) is 12.2 Å². The van der Waals surface area contributed by atoms with E-state index < -0.39 is 5.97 Å². The van der Waals surface area contributed by atoms with Gasteiger partial charge in [0.1, 0.15) is 5.75 Å². The van der Waals surface area contributed by atoms with Crippen LogP contribution in [0.3, 0.4) is 0 Å². The van der Waals surface area contributed by atoms with Crippen molar-refractivity contribution >= 4 is 5.97 Å². The zero-order valence-electron chi connectivity index (χ0n) is 10.0. The predicted octanol–water partition coefficient (Wildman–Crippen LogP) is 1.96. The van der Waals surface area contributed by atoms with Crippen LogP contribution in [0.2, 0.25) is 0 Å². The van der Waals surface area contributed by atoms with Crippen LogP contribution in [0.5, 0.6) is 5.75 Å². The Morgan fingerprint density at radius 1 is 1.39 bits per heavy atom. The monoisotopic (exact) mass is 248 g/mol. The number of rotatable bonds is 4. The fraction of sp³-hybridized carbons (Fsp3) is 0.250. The van der Waals surface area contributed by atoms with Gasteiger partial charge in [-0.25, -0.2) is 4.79 Å². The standard InChI is InChI=1S/C12H12N2O4/c1-7-5-9(3-4-10(7)12(15)16)17-6-11-14-13-8(2)18-11/h3-5H,6H2,1-2H3,(H,15,16). The Morgan fingerprint density at radius 2 is 2.17 bits per heavy atom. The fourth-order valence-electron chi connectivity index (χ4n) is 1.51. The lowest BCUT2D eigenvalue weighted by Crippen LogP contribution is -2.01. The van der Waals surface area contributed by atoms with Crippen LogP contribution in [0.25, 0.3) is 0 Å². The van der Waals surface area contributed by atoms with Crippen molar-refractivity contribution < 1.29 is 19.1 Å². The van der Waals surface area contributed by atoms with Crippen molar-refractivity contribution in [1.82, 2.24) is 10.2 Å². The summed E-state index contributed by atoms with van der Waals surface area (Å²) >= 11 is 0. The second kappa shape index (κ2) is 4.87. The number of nitrogens with zero attached hydrogens (tertiary/aromatic N) is 2. The van der Waals surface area contributed by atoms with Gasteiger partial charge >= 0.3 is 5.97 Å². The van der Waals surface area contributed by atoms with Gasteiger partial charge in [0, 0.05) is 6.92 Å². The third-order valence-electron chi connectivity index (χ3n) is 2.36. The number of carboxylic acid groups (broad SMARTS) is 1. The summed E-state index contributed by atoms with van der Waals surface area (Å²) < 4.78 is 10.6. The Bertz CT molecular complexity index is 577. The van der Waals surface area contributed by atoms with E-state index in [1.165, 1.54) is 6.07 Å². The van der Waals surface area contributed by atoms with E-state index in [4.69, 9.17) is 14.3 Å². The summed E-state index contributed by atoms with van der Waals surface area (Å²) in [7, 11) is 0. The average Bonchev–Trinajstić information content (AvgIpc) is 2.72. The lowest BCUT2D eigenvalue weighted by atomic mass is 10.1. The Labute approximate surface area is 103 Å². The number of carbonyl (C=O) groups is 1. The van der Waals surface area contributed by atoms with E-state index in [2.05, 4.69) is 10.2 Å². The Balaban J connectivity index is 2.06. The molecule has 1 heterocycles. The lowest BCUT2D eigenvalue weighted by Gasteiger charge is -2.06. The molecule has 94 valence electrons. The molecule has 18 heavy (non-hydrogen) atoms. The van der Waals surface area contributed by atoms with Crippen molar-refractivity contribution in [3.05, 3.63) is 41.1 Å². The van der Waals surface area contributed by atoms with E-state index in [9.17, 15) is 4.79 Å². The minimum atomic E-state index is -0.952. The van der Waals surface area contributed by atoms with Crippen LogP contribution in [-0.2, 0) is 6.61 Å². The molecule has 1 aromatic heterocycles. The third-order valence-corrected chi connectivity index (χ3v) is 2.36. The Hall–Kier alpha value is -2.37. The van der Waals surface area contributed by atoms with Crippen LogP contribution in [-0.4, -0.2) is 21.3 Å². The molecule has 0 atom stereocenters. The first-order valence-corrected chi connectivity index (χ1v) is 5.32. The molecule has 2 aromatic rings. The van der Waals surface area contributed by atoms with Crippen molar-refractivity contribution in [3.8, 4) is 5.75 Å². The summed E-state index contributed by atoms with van der Waals surface area (Å²) in [4.78, 5) is 10.8. The van der Waals surface area contributed by atoms with Gasteiger partial charge in [0.15, 0.2) is 6.61 Å². The van der Waals surface area contributed by atoms with Crippen molar-refractivity contribution in [2.75, 3.05) is 0 Å². The van der Waals surface area contributed by atoms with Gasteiger partial charge in [0.25, 0.3) is 5.89 Å². The van der Waals surface area contributed by atoms with Crippen LogP contribution in [0.1, 0.15) is 27.7 Å². The fourth-order valence-corrected chi connectivity index (χ4v) is 1.51. The summed E-state index contributed by atoms with van der Waals surface area (Å²) in [5.41, 5.74) is 0.901. The molecule has 0 aliphatic rings. The second-order valence-electron chi connectivity index (χ2n) is 3.79. The number of aryl methyl sites for hydroxylation is 2. The molecule has 1 aromatic carbocycles. The van der Waals surface area contributed by atoms with Crippen LogP contribution in [0.4, 0.5) is 0 Å². The summed E-state index contributed by atoms with van der Waals surface area (Å²) in [5, 5.41) is 16.4. The average molecular weight is 248 g/mol. The predicted molar refractivity (Wildman–Crippen MR) is 61.5 cm³/mol. The summed E-state index contributed by atoms with van der Waals surface area (Å²) in [6, 6.07) is 4.76. The van der Waals surface area contributed by atoms with E-state index in [1.54, 1.807) is 26.0 Å². The Kier molecular flexibility index (Phi) is 3.27. The first kappa shape index (κ1) is 12.1. The zero-order valence-corrected chi connectivity index (χ0v) is 10.0. The number of ether oxygens (including phenoxy) is 1. The molecule has 1 N–H and O–H groups in total. The van der Waals surface area contributed by atoms with E-state index in [1.807, 2.05) is 0 Å². The van der Waals surface area contributed by atoms with Gasteiger partial charge in [-0.3, -0.25) is 0 Å². The first-order chi connectivity index (χ1) is 8.56. The van der Waals surface area contributed by atoms with Crippen LogP contribution in [0, 0.1) is 13.8 Å². The second-order valence-corrected chi connectivity index (χ2v) is 3.79. The van der Waals surface area contributed by atoms with Gasteiger partial charge in [0.05, 0.1) is 5.56 Å². The molecule has 0 bridgehead atoms. The van der Waals surface area contributed by atoms with Crippen LogP contribution in [0.15, 0.2) is 22.6 Å². The summed E-state index contributed by atoms with van der Waals surface area (Å²) in [6.07, 6.45) is 0. The number of hydrogen-bond donors (Lipinski definition) is 1. The van der Waals surface area contributed by atoms with Crippen LogP contribution < -0.4 is 4.74 Å². The normalized spacial score (nSPS) is 10.3. The largest absolute Gasteiger partial charge is 0.484 e. The van der Waals surface area contributed by atoms with Gasteiger partial charge in [0.2, 0.25) is 5.89 Å². The molecule has 0 aliphatic heterocycles. The molecule has 0 saturated carbocycles.